The molecule has 0 radical (unpaired) electrons. The first-order valence-electron chi connectivity index (χ1n) is 13.5. The monoisotopic (exact) mass is 662 g/mol. The summed E-state index contributed by atoms with van der Waals surface area (Å²) < 4.78 is 7.12. The molecule has 0 aliphatic carbocycles. The number of rotatable bonds is 5. The van der Waals surface area contributed by atoms with Crippen LogP contribution in [0.25, 0.3) is 0 Å². The van der Waals surface area contributed by atoms with Crippen molar-refractivity contribution in [1.29, 1.82) is 5.41 Å². The molecule has 10 nitrogen and oxygen atoms in total. The van der Waals surface area contributed by atoms with E-state index in [0.717, 1.165) is 20.4 Å². The Hall–Kier alpha value is -3.19. The maximum atomic E-state index is 13.5. The average molecular weight is 663 g/mol. The van der Waals surface area contributed by atoms with Crippen LogP contribution in [0.5, 0.6) is 5.75 Å². The quantitative estimate of drug-likeness (QED) is 0.163. The molecule has 0 spiro atoms. The fourth-order valence-corrected chi connectivity index (χ4v) is 5.10. The third-order valence-electron chi connectivity index (χ3n) is 6.59. The van der Waals surface area contributed by atoms with Crippen LogP contribution in [0.1, 0.15) is 37.8 Å². The van der Waals surface area contributed by atoms with Crippen molar-refractivity contribution in [2.75, 3.05) is 19.7 Å². The topological polar surface area (TPSA) is 158 Å². The van der Waals surface area contributed by atoms with Crippen LogP contribution < -0.4 is 31.7 Å². The SMILES string of the molecule is CC(C)[C@H]1NC(=O)[C@@H](Cc2cccc(I)c2)NCCOc2ccccc2CCCNC(=O)[C@H](CC(=N)N)NC1=O. The highest BCUT2D eigenvalue weighted by atomic mass is 127. The Labute approximate surface area is 249 Å². The van der Waals surface area contributed by atoms with Gasteiger partial charge in [0.1, 0.15) is 24.4 Å². The van der Waals surface area contributed by atoms with Crippen molar-refractivity contribution >= 4 is 46.1 Å². The average Bonchev–Trinajstić information content (AvgIpc) is 2.90. The number of nitrogens with one attached hydrogen (secondary N) is 5. The van der Waals surface area contributed by atoms with Gasteiger partial charge in [0.25, 0.3) is 0 Å². The number of amides is 3. The number of hydrogen-bond donors (Lipinski definition) is 6. The summed E-state index contributed by atoms with van der Waals surface area (Å²) in [5.41, 5.74) is 7.59. The zero-order chi connectivity index (χ0) is 29.1. The minimum atomic E-state index is -1.03. The van der Waals surface area contributed by atoms with Gasteiger partial charge in [-0.1, -0.05) is 44.2 Å². The second kappa shape index (κ2) is 15.6. The number of amidine groups is 1. The van der Waals surface area contributed by atoms with Crippen LogP contribution in [0.3, 0.4) is 0 Å². The summed E-state index contributed by atoms with van der Waals surface area (Å²) >= 11 is 2.24. The Kier molecular flexibility index (Phi) is 12.2. The molecule has 1 aliphatic rings. The number of nitrogens with two attached hydrogens (primary N) is 1. The Bertz CT molecular complexity index is 1190. The van der Waals surface area contributed by atoms with E-state index >= 15 is 0 Å². The van der Waals surface area contributed by atoms with Crippen LogP contribution in [0.2, 0.25) is 0 Å². The lowest BCUT2D eigenvalue weighted by Crippen LogP contribution is -2.58. The smallest absolute Gasteiger partial charge is 0.243 e. The molecule has 0 unspecified atom stereocenters. The highest BCUT2D eigenvalue weighted by molar-refractivity contribution is 14.1. The minimum absolute atomic E-state index is 0.135. The van der Waals surface area contributed by atoms with Crippen molar-refractivity contribution in [3.05, 3.63) is 63.2 Å². The first-order valence-corrected chi connectivity index (χ1v) is 14.6. The van der Waals surface area contributed by atoms with E-state index in [0.29, 0.717) is 39.0 Å². The standard InChI is InChI=1S/C29H39IN6O4/c1-18(2)26-29(39)35-23(17-25(31)32)27(37)34-12-6-9-20-8-3-4-11-24(20)40-14-13-33-22(28(38)36-26)16-19-7-5-10-21(30)15-19/h3-5,7-8,10-11,15,18,22-23,26,33H,6,9,12-14,16-17H2,1-2H3,(H3,31,32)(H,34,37)(H,35,39)(H,36,38)/t22-,23+,26-/m1/s1. The zero-order valence-corrected chi connectivity index (χ0v) is 25.1. The van der Waals surface area contributed by atoms with E-state index < -0.39 is 29.9 Å². The van der Waals surface area contributed by atoms with Crippen LogP contribution in [0, 0.1) is 14.9 Å². The second-order valence-electron chi connectivity index (χ2n) is 10.2. The van der Waals surface area contributed by atoms with Crippen LogP contribution in [0.4, 0.5) is 0 Å². The fraction of sp³-hybridized carbons (Fsp3) is 0.448. The fourth-order valence-electron chi connectivity index (χ4n) is 4.50. The van der Waals surface area contributed by atoms with E-state index in [1.807, 2.05) is 62.4 Å². The van der Waals surface area contributed by atoms with Gasteiger partial charge < -0.3 is 31.7 Å². The summed E-state index contributed by atoms with van der Waals surface area (Å²) in [6, 6.07) is 13.1. The maximum absolute atomic E-state index is 13.5. The molecule has 2 aromatic rings. The van der Waals surface area contributed by atoms with Crippen molar-refractivity contribution in [2.45, 2.75) is 57.7 Å². The van der Waals surface area contributed by atoms with Crippen LogP contribution in [0.15, 0.2) is 48.5 Å². The third-order valence-corrected chi connectivity index (χ3v) is 7.27. The molecule has 0 saturated carbocycles. The molecule has 3 rings (SSSR count). The number of halogens is 1. The van der Waals surface area contributed by atoms with Crippen LogP contribution >= 0.6 is 22.6 Å². The van der Waals surface area contributed by atoms with E-state index in [-0.39, 0.29) is 24.1 Å². The van der Waals surface area contributed by atoms with Gasteiger partial charge in [-0.15, -0.1) is 0 Å². The molecule has 1 aliphatic heterocycles. The molecule has 216 valence electrons. The number of fused-ring (bicyclic) bond motifs is 1. The summed E-state index contributed by atoms with van der Waals surface area (Å²) in [6.07, 6.45) is 1.62. The zero-order valence-electron chi connectivity index (χ0n) is 23.0. The number of carbonyl (C=O) groups excluding carboxylic acids is 3. The molecule has 7 N–H and O–H groups in total. The molecule has 0 fully saturated rings. The van der Waals surface area contributed by atoms with Crippen molar-refractivity contribution in [1.82, 2.24) is 21.3 Å². The lowest BCUT2D eigenvalue weighted by molar-refractivity contribution is -0.133. The van der Waals surface area contributed by atoms with Crippen molar-refractivity contribution in [3.63, 3.8) is 0 Å². The predicted molar refractivity (Wildman–Crippen MR) is 163 cm³/mol. The van der Waals surface area contributed by atoms with E-state index in [9.17, 15) is 14.4 Å². The lowest BCUT2D eigenvalue weighted by Gasteiger charge is -2.27. The molecule has 3 atom stereocenters. The van der Waals surface area contributed by atoms with Gasteiger partial charge in [-0.05, 0) is 77.1 Å². The number of hydrogen-bond acceptors (Lipinski definition) is 6. The largest absolute Gasteiger partial charge is 0.492 e. The molecular formula is C29H39IN6O4. The summed E-state index contributed by atoms with van der Waals surface area (Å²) in [5, 5.41) is 19.5. The Morgan fingerprint density at radius 1 is 1.02 bits per heavy atom. The van der Waals surface area contributed by atoms with Gasteiger partial charge in [0, 0.05) is 23.1 Å². The second-order valence-corrected chi connectivity index (χ2v) is 11.5. The van der Waals surface area contributed by atoms with E-state index in [2.05, 4.69) is 43.9 Å². The van der Waals surface area contributed by atoms with Crippen molar-refractivity contribution in [2.24, 2.45) is 11.7 Å². The molecule has 1 heterocycles. The summed E-state index contributed by atoms with van der Waals surface area (Å²) in [6.45, 7) is 4.80. The third kappa shape index (κ3) is 9.77. The van der Waals surface area contributed by atoms with E-state index in [1.54, 1.807) is 0 Å². The maximum Gasteiger partial charge on any atom is 0.243 e. The van der Waals surface area contributed by atoms with Gasteiger partial charge in [-0.2, -0.15) is 0 Å². The van der Waals surface area contributed by atoms with Crippen LogP contribution in [-0.4, -0.2) is 61.4 Å². The van der Waals surface area contributed by atoms with Gasteiger partial charge in [0.2, 0.25) is 17.7 Å². The highest BCUT2D eigenvalue weighted by Gasteiger charge is 2.31. The normalized spacial score (nSPS) is 21.6. The molecule has 0 aromatic heterocycles. The molecule has 11 heteroatoms. The summed E-state index contributed by atoms with van der Waals surface area (Å²) in [4.78, 5) is 39.8. The number of carbonyl (C=O) groups is 3. The molecule has 2 aromatic carbocycles. The Morgan fingerprint density at radius 3 is 2.52 bits per heavy atom. The number of aryl methyl sites for hydroxylation is 1. The molecule has 0 saturated heterocycles. The van der Waals surface area contributed by atoms with Gasteiger partial charge >= 0.3 is 0 Å². The predicted octanol–water partition coefficient (Wildman–Crippen LogP) is 1.88. The summed E-state index contributed by atoms with van der Waals surface area (Å²) in [5.74, 6) is -0.981. The van der Waals surface area contributed by atoms with Gasteiger partial charge in [0.15, 0.2) is 0 Å². The van der Waals surface area contributed by atoms with E-state index in [1.165, 1.54) is 0 Å². The highest BCUT2D eigenvalue weighted by Crippen LogP contribution is 2.19. The first kappa shape index (κ1) is 31.3. The summed E-state index contributed by atoms with van der Waals surface area (Å²) in [7, 11) is 0. The Balaban J connectivity index is 1.88. The van der Waals surface area contributed by atoms with Gasteiger partial charge in [-0.3, -0.25) is 19.8 Å². The number of benzene rings is 2. The number of ether oxygens (including phenoxy) is 1. The van der Waals surface area contributed by atoms with Gasteiger partial charge in [-0.25, -0.2) is 0 Å². The molecule has 3 amide bonds. The lowest BCUT2D eigenvalue weighted by atomic mass is 10.00. The molecule has 40 heavy (non-hydrogen) atoms. The molecular weight excluding hydrogens is 623 g/mol. The minimum Gasteiger partial charge on any atom is -0.492 e. The van der Waals surface area contributed by atoms with Crippen molar-refractivity contribution < 1.29 is 19.1 Å². The van der Waals surface area contributed by atoms with Gasteiger partial charge in [0.05, 0.1) is 11.9 Å². The number of para-hydroxylation sites is 1. The van der Waals surface area contributed by atoms with Crippen LogP contribution in [-0.2, 0) is 27.2 Å². The van der Waals surface area contributed by atoms with E-state index in [4.69, 9.17) is 15.9 Å². The first-order chi connectivity index (χ1) is 19.1. The van der Waals surface area contributed by atoms with Crippen molar-refractivity contribution in [3.8, 4) is 5.75 Å². The Morgan fingerprint density at radius 2 is 1.80 bits per heavy atom. The molecule has 0 bridgehead atoms.